The van der Waals surface area contributed by atoms with E-state index in [4.69, 9.17) is 5.73 Å². The van der Waals surface area contributed by atoms with Crippen LogP contribution in [0.2, 0.25) is 0 Å². The van der Waals surface area contributed by atoms with E-state index < -0.39 is 10.0 Å². The molecule has 1 saturated heterocycles. The Labute approximate surface area is 115 Å². The predicted molar refractivity (Wildman–Crippen MR) is 75.0 cm³/mol. The number of hydrogen-bond donors (Lipinski definition) is 2. The summed E-state index contributed by atoms with van der Waals surface area (Å²) in [7, 11) is -3.10. The van der Waals surface area contributed by atoms with E-state index in [0.29, 0.717) is 32.5 Å². The van der Waals surface area contributed by atoms with Gasteiger partial charge >= 0.3 is 0 Å². The van der Waals surface area contributed by atoms with E-state index in [1.165, 1.54) is 4.31 Å². The lowest BCUT2D eigenvalue weighted by molar-refractivity contribution is -0.125. The molecule has 6 nitrogen and oxygen atoms in total. The molecule has 1 aliphatic rings. The van der Waals surface area contributed by atoms with Crippen LogP contribution in [0.3, 0.4) is 0 Å². The highest BCUT2D eigenvalue weighted by atomic mass is 32.2. The number of nitrogens with one attached hydrogen (secondary N) is 1. The van der Waals surface area contributed by atoms with Crippen molar-refractivity contribution in [2.24, 2.45) is 11.7 Å². The van der Waals surface area contributed by atoms with Gasteiger partial charge in [0, 0.05) is 31.6 Å². The molecule has 0 spiro atoms. The number of carbonyl (C=O) groups excluding carboxylic acids is 1. The Morgan fingerprint density at radius 1 is 1.37 bits per heavy atom. The Morgan fingerprint density at radius 3 is 2.37 bits per heavy atom. The summed E-state index contributed by atoms with van der Waals surface area (Å²) in [6, 6.07) is 0.0661. The van der Waals surface area contributed by atoms with Crippen molar-refractivity contribution in [1.82, 2.24) is 9.62 Å². The second-order valence-corrected chi connectivity index (χ2v) is 7.18. The van der Waals surface area contributed by atoms with Gasteiger partial charge in [-0.25, -0.2) is 12.7 Å². The fourth-order valence-corrected chi connectivity index (χ4v) is 3.37. The first-order valence-corrected chi connectivity index (χ1v) is 8.53. The number of amides is 1. The average molecular weight is 291 g/mol. The fraction of sp³-hybridized carbons (Fsp3) is 0.917. The first-order valence-electron chi connectivity index (χ1n) is 6.92. The van der Waals surface area contributed by atoms with Gasteiger partial charge in [-0.2, -0.15) is 0 Å². The normalized spacial score (nSPS) is 20.2. The standard InChI is InChI=1S/C12H25N3O3S/c1-3-10(9-13)12(16)14-11-5-7-15(8-6-11)19(17,18)4-2/h10-11H,3-9,13H2,1-2H3,(H,14,16). The lowest BCUT2D eigenvalue weighted by Gasteiger charge is -2.32. The quantitative estimate of drug-likeness (QED) is 0.715. The van der Waals surface area contributed by atoms with Crippen molar-refractivity contribution in [2.75, 3.05) is 25.4 Å². The van der Waals surface area contributed by atoms with Crippen LogP contribution in [0.4, 0.5) is 0 Å². The first-order chi connectivity index (χ1) is 8.94. The number of hydrogen-bond acceptors (Lipinski definition) is 4. The molecule has 1 amide bonds. The zero-order valence-electron chi connectivity index (χ0n) is 11.8. The van der Waals surface area contributed by atoms with Gasteiger partial charge in [0.2, 0.25) is 15.9 Å². The number of nitrogens with two attached hydrogens (primary N) is 1. The van der Waals surface area contributed by atoms with Gasteiger partial charge in [0.15, 0.2) is 0 Å². The van der Waals surface area contributed by atoms with Gasteiger partial charge in [-0.15, -0.1) is 0 Å². The highest BCUT2D eigenvalue weighted by molar-refractivity contribution is 7.89. The van der Waals surface area contributed by atoms with Gasteiger partial charge in [0.25, 0.3) is 0 Å². The van der Waals surface area contributed by atoms with Crippen LogP contribution in [0.25, 0.3) is 0 Å². The lowest BCUT2D eigenvalue weighted by Crippen LogP contribution is -2.48. The van der Waals surface area contributed by atoms with Crippen LogP contribution < -0.4 is 11.1 Å². The molecule has 0 aromatic carbocycles. The molecular formula is C12H25N3O3S. The maximum Gasteiger partial charge on any atom is 0.224 e. The minimum Gasteiger partial charge on any atom is -0.353 e. The summed E-state index contributed by atoms with van der Waals surface area (Å²) < 4.78 is 24.9. The summed E-state index contributed by atoms with van der Waals surface area (Å²) in [5, 5.41) is 2.97. The van der Waals surface area contributed by atoms with Crippen molar-refractivity contribution < 1.29 is 13.2 Å². The average Bonchev–Trinajstić information content (AvgIpc) is 2.40. The van der Waals surface area contributed by atoms with E-state index in [1.54, 1.807) is 6.92 Å². The van der Waals surface area contributed by atoms with Crippen molar-refractivity contribution in [2.45, 2.75) is 39.2 Å². The zero-order chi connectivity index (χ0) is 14.5. The molecule has 1 atom stereocenters. The molecule has 7 heteroatoms. The van der Waals surface area contributed by atoms with Crippen LogP contribution >= 0.6 is 0 Å². The van der Waals surface area contributed by atoms with Crippen LogP contribution in [0.5, 0.6) is 0 Å². The van der Waals surface area contributed by atoms with Gasteiger partial charge in [0.05, 0.1) is 5.75 Å². The van der Waals surface area contributed by atoms with Gasteiger partial charge in [0.1, 0.15) is 0 Å². The number of carbonyl (C=O) groups is 1. The SMILES string of the molecule is CCC(CN)C(=O)NC1CCN(S(=O)(=O)CC)CC1. The maximum absolute atomic E-state index is 11.9. The smallest absolute Gasteiger partial charge is 0.224 e. The van der Waals surface area contributed by atoms with Crippen molar-refractivity contribution in [3.63, 3.8) is 0 Å². The van der Waals surface area contributed by atoms with Gasteiger partial charge in [-0.05, 0) is 26.2 Å². The summed E-state index contributed by atoms with van der Waals surface area (Å²) in [6.45, 7) is 4.91. The molecule has 1 fully saturated rings. The fourth-order valence-electron chi connectivity index (χ4n) is 2.24. The molecular weight excluding hydrogens is 266 g/mol. The highest BCUT2D eigenvalue weighted by Gasteiger charge is 2.28. The molecule has 0 aliphatic carbocycles. The third-order valence-electron chi connectivity index (χ3n) is 3.71. The minimum atomic E-state index is -3.10. The molecule has 1 rings (SSSR count). The highest BCUT2D eigenvalue weighted by Crippen LogP contribution is 2.15. The minimum absolute atomic E-state index is 0.0122. The molecule has 1 aliphatic heterocycles. The summed E-state index contributed by atoms with van der Waals surface area (Å²) in [4.78, 5) is 11.9. The Morgan fingerprint density at radius 2 is 1.95 bits per heavy atom. The van der Waals surface area contributed by atoms with Gasteiger partial charge < -0.3 is 11.1 Å². The molecule has 0 aromatic rings. The third-order valence-corrected chi connectivity index (χ3v) is 5.59. The lowest BCUT2D eigenvalue weighted by atomic mass is 10.0. The van der Waals surface area contributed by atoms with Crippen LogP contribution in [0.15, 0.2) is 0 Å². The van der Waals surface area contributed by atoms with Crippen LogP contribution in [0.1, 0.15) is 33.1 Å². The van der Waals surface area contributed by atoms with Crippen molar-refractivity contribution in [3.8, 4) is 0 Å². The van der Waals surface area contributed by atoms with Crippen molar-refractivity contribution in [3.05, 3.63) is 0 Å². The van der Waals surface area contributed by atoms with E-state index >= 15 is 0 Å². The van der Waals surface area contributed by atoms with Crippen molar-refractivity contribution >= 4 is 15.9 Å². The molecule has 3 N–H and O–H groups in total. The Balaban J connectivity index is 2.45. The summed E-state index contributed by atoms with van der Waals surface area (Å²) in [5.74, 6) is -0.0195. The van der Waals surface area contributed by atoms with Gasteiger partial charge in [-0.3, -0.25) is 4.79 Å². The van der Waals surface area contributed by atoms with Crippen molar-refractivity contribution in [1.29, 1.82) is 0 Å². The Kier molecular flexibility index (Phi) is 6.22. The van der Waals surface area contributed by atoms with Crippen LogP contribution in [-0.4, -0.2) is 50.1 Å². The van der Waals surface area contributed by atoms with E-state index in [9.17, 15) is 13.2 Å². The summed E-state index contributed by atoms with van der Waals surface area (Å²) in [5.41, 5.74) is 5.54. The summed E-state index contributed by atoms with van der Waals surface area (Å²) in [6.07, 6.45) is 2.07. The zero-order valence-corrected chi connectivity index (χ0v) is 12.6. The molecule has 1 heterocycles. The molecule has 0 saturated carbocycles. The van der Waals surface area contributed by atoms with Gasteiger partial charge in [-0.1, -0.05) is 6.92 Å². The number of nitrogens with zero attached hydrogens (tertiary/aromatic N) is 1. The van der Waals surface area contributed by atoms with Crippen LogP contribution in [-0.2, 0) is 14.8 Å². The monoisotopic (exact) mass is 291 g/mol. The van der Waals surface area contributed by atoms with Crippen LogP contribution in [0, 0.1) is 5.92 Å². The number of sulfonamides is 1. The maximum atomic E-state index is 11.9. The molecule has 0 radical (unpaired) electrons. The molecule has 1 unspecified atom stereocenters. The molecule has 0 bridgehead atoms. The van der Waals surface area contributed by atoms with E-state index in [-0.39, 0.29) is 23.6 Å². The predicted octanol–water partition coefficient (Wildman–Crippen LogP) is -0.0984. The second kappa shape index (κ2) is 7.21. The topological polar surface area (TPSA) is 92.5 Å². The Bertz CT molecular complexity index is 385. The van der Waals surface area contributed by atoms with E-state index in [0.717, 1.165) is 6.42 Å². The second-order valence-electron chi connectivity index (χ2n) is 4.92. The third kappa shape index (κ3) is 4.43. The number of piperidine rings is 1. The largest absolute Gasteiger partial charge is 0.353 e. The molecule has 112 valence electrons. The van der Waals surface area contributed by atoms with E-state index in [1.807, 2.05) is 6.92 Å². The summed E-state index contributed by atoms with van der Waals surface area (Å²) >= 11 is 0. The molecule has 19 heavy (non-hydrogen) atoms. The van der Waals surface area contributed by atoms with E-state index in [2.05, 4.69) is 5.32 Å². The number of rotatable bonds is 6. The first kappa shape index (κ1) is 16.4. The molecule has 0 aromatic heterocycles. The Hall–Kier alpha value is -0.660.